The largest absolute Gasteiger partial charge is 0.481 e. The average Bonchev–Trinajstić information content (AvgIpc) is 2.88. The summed E-state index contributed by atoms with van der Waals surface area (Å²) in [7, 11) is 0. The number of rotatable bonds is 11. The highest BCUT2D eigenvalue weighted by atomic mass is 35.5. The Morgan fingerprint density at radius 1 is 1.25 bits per heavy atom. The van der Waals surface area contributed by atoms with Crippen LogP contribution in [0, 0.1) is 5.92 Å². The van der Waals surface area contributed by atoms with Crippen molar-refractivity contribution < 1.29 is 25.2 Å². The molecule has 0 aromatic heterocycles. The predicted octanol–water partition coefficient (Wildman–Crippen LogP) is 3.68. The Hall–Kier alpha value is -0.790. The Morgan fingerprint density at radius 3 is 2.64 bits per heavy atom. The highest BCUT2D eigenvalue weighted by molar-refractivity contribution is 8.00. The van der Waals surface area contributed by atoms with Crippen molar-refractivity contribution in [1.29, 1.82) is 0 Å². The fraction of sp³-hybridized carbons (Fsp3) is 0.667. The monoisotopic (exact) mass is 430 g/mol. The van der Waals surface area contributed by atoms with E-state index < -0.39 is 30.2 Å². The van der Waals surface area contributed by atoms with Gasteiger partial charge in [0.15, 0.2) is 0 Å². The zero-order valence-corrected chi connectivity index (χ0v) is 17.8. The molecule has 1 saturated carbocycles. The van der Waals surface area contributed by atoms with Crippen molar-refractivity contribution in [2.45, 2.75) is 74.9 Å². The summed E-state index contributed by atoms with van der Waals surface area (Å²) < 4.78 is 0. The Morgan fingerprint density at radius 2 is 2.00 bits per heavy atom. The Labute approximate surface area is 176 Å². The number of unbranched alkanes of at least 4 members (excludes halogenated alkanes) is 2. The second-order valence-electron chi connectivity index (χ2n) is 7.77. The maximum Gasteiger partial charge on any atom is 0.310 e. The molecule has 28 heavy (non-hydrogen) atoms. The van der Waals surface area contributed by atoms with E-state index in [1.165, 1.54) is 11.8 Å². The molecule has 158 valence electrons. The molecule has 6 atom stereocenters. The molecule has 5 nitrogen and oxygen atoms in total. The van der Waals surface area contributed by atoms with Gasteiger partial charge in [0.1, 0.15) is 0 Å². The normalized spacial score (nSPS) is 26.9. The summed E-state index contributed by atoms with van der Waals surface area (Å²) in [5, 5.41) is 39.9. The zero-order chi connectivity index (χ0) is 20.7. The van der Waals surface area contributed by atoms with Gasteiger partial charge >= 0.3 is 5.97 Å². The number of aliphatic carboxylic acids is 1. The first-order chi connectivity index (χ1) is 13.3. The molecular weight excluding hydrogens is 400 g/mol. The van der Waals surface area contributed by atoms with Crippen molar-refractivity contribution in [3.05, 3.63) is 34.9 Å². The van der Waals surface area contributed by atoms with Gasteiger partial charge in [-0.3, -0.25) is 4.79 Å². The van der Waals surface area contributed by atoms with Crippen LogP contribution in [0.5, 0.6) is 0 Å². The van der Waals surface area contributed by atoms with Gasteiger partial charge < -0.3 is 20.4 Å². The van der Waals surface area contributed by atoms with Crippen LogP contribution in [0.3, 0.4) is 0 Å². The van der Waals surface area contributed by atoms with Gasteiger partial charge in [-0.1, -0.05) is 43.0 Å². The topological polar surface area (TPSA) is 98.0 Å². The molecule has 1 aromatic rings. The number of carbonyl (C=O) groups is 1. The molecule has 1 aromatic carbocycles. The van der Waals surface area contributed by atoms with E-state index in [4.69, 9.17) is 11.6 Å². The smallest absolute Gasteiger partial charge is 0.310 e. The standard InChI is InChI=1S/C21H31ClO5S/c1-13(23)12-28-20-17(18(24)11-19(20)25)9-4-2-3-8-16(21(26)27)14-6-5-7-15(22)10-14/h5-7,10,13,16-20,23-25H,2-4,8-9,11-12H2,1H3,(H,26,27)/t13?,16?,17-,18?,19?,20+/m0/s1. The van der Waals surface area contributed by atoms with E-state index in [2.05, 4.69) is 0 Å². The highest BCUT2D eigenvalue weighted by Crippen LogP contribution is 2.39. The summed E-state index contributed by atoms with van der Waals surface area (Å²) in [6.07, 6.45) is 2.77. The zero-order valence-electron chi connectivity index (χ0n) is 16.2. The van der Waals surface area contributed by atoms with E-state index in [1.54, 1.807) is 31.2 Å². The molecule has 2 rings (SSSR count). The van der Waals surface area contributed by atoms with Crippen LogP contribution in [-0.4, -0.2) is 55.7 Å². The molecule has 4 N–H and O–H groups in total. The average molecular weight is 431 g/mol. The van der Waals surface area contributed by atoms with Gasteiger partial charge in [0, 0.05) is 22.4 Å². The van der Waals surface area contributed by atoms with Gasteiger partial charge in [-0.25, -0.2) is 0 Å². The van der Waals surface area contributed by atoms with Crippen LogP contribution in [0.2, 0.25) is 5.02 Å². The SMILES string of the molecule is CC(O)CS[C@H]1C(O)CC(O)[C@@H]1CCCCCC(C(=O)O)c1cccc(Cl)c1. The van der Waals surface area contributed by atoms with E-state index in [0.29, 0.717) is 23.6 Å². The number of carboxylic acid groups (broad SMARTS) is 1. The maximum atomic E-state index is 11.6. The van der Waals surface area contributed by atoms with Gasteiger partial charge in [0.05, 0.1) is 24.2 Å². The van der Waals surface area contributed by atoms with E-state index in [-0.39, 0.29) is 11.2 Å². The first-order valence-corrected chi connectivity index (χ1v) is 11.4. The Balaban J connectivity index is 1.79. The number of aliphatic hydroxyl groups excluding tert-OH is 3. The Kier molecular flexibility index (Phi) is 9.57. The minimum atomic E-state index is -0.841. The molecule has 0 amide bonds. The lowest BCUT2D eigenvalue weighted by Crippen LogP contribution is -2.26. The third kappa shape index (κ3) is 6.92. The fourth-order valence-electron chi connectivity index (χ4n) is 3.96. The molecule has 0 heterocycles. The molecule has 1 aliphatic carbocycles. The fourth-order valence-corrected chi connectivity index (χ4v) is 5.56. The molecule has 0 radical (unpaired) electrons. The van der Waals surface area contributed by atoms with E-state index >= 15 is 0 Å². The molecule has 7 heteroatoms. The molecule has 0 saturated heterocycles. The number of hydrogen-bond acceptors (Lipinski definition) is 5. The van der Waals surface area contributed by atoms with Crippen molar-refractivity contribution in [3.8, 4) is 0 Å². The number of aliphatic hydroxyl groups is 3. The molecule has 0 spiro atoms. The summed E-state index contributed by atoms with van der Waals surface area (Å²) >= 11 is 7.51. The van der Waals surface area contributed by atoms with Crippen molar-refractivity contribution in [3.63, 3.8) is 0 Å². The second kappa shape index (κ2) is 11.4. The molecular formula is C21H31ClO5S. The minimum Gasteiger partial charge on any atom is -0.481 e. The van der Waals surface area contributed by atoms with E-state index in [9.17, 15) is 25.2 Å². The number of thioether (sulfide) groups is 1. The second-order valence-corrected chi connectivity index (χ2v) is 9.41. The summed E-state index contributed by atoms with van der Waals surface area (Å²) in [6.45, 7) is 1.72. The lowest BCUT2D eigenvalue weighted by molar-refractivity contribution is -0.139. The van der Waals surface area contributed by atoms with Crippen LogP contribution in [-0.2, 0) is 4.79 Å². The highest BCUT2D eigenvalue weighted by Gasteiger charge is 2.41. The summed E-state index contributed by atoms with van der Waals surface area (Å²) in [4.78, 5) is 11.6. The van der Waals surface area contributed by atoms with Crippen molar-refractivity contribution in [1.82, 2.24) is 0 Å². The quantitative estimate of drug-likeness (QED) is 0.400. The van der Waals surface area contributed by atoms with E-state index in [1.807, 2.05) is 0 Å². The van der Waals surface area contributed by atoms with Crippen LogP contribution >= 0.6 is 23.4 Å². The van der Waals surface area contributed by atoms with Gasteiger partial charge in [-0.05, 0) is 43.4 Å². The minimum absolute atomic E-state index is 0.0157. The first kappa shape index (κ1) is 23.5. The lowest BCUT2D eigenvalue weighted by Gasteiger charge is -2.23. The van der Waals surface area contributed by atoms with Crippen LogP contribution in [0.1, 0.15) is 56.9 Å². The maximum absolute atomic E-state index is 11.6. The van der Waals surface area contributed by atoms with Crippen LogP contribution in [0.4, 0.5) is 0 Å². The van der Waals surface area contributed by atoms with Crippen molar-refractivity contribution >= 4 is 29.3 Å². The third-order valence-corrected chi connectivity index (χ3v) is 7.35. The van der Waals surface area contributed by atoms with Crippen LogP contribution in [0.15, 0.2) is 24.3 Å². The summed E-state index contributed by atoms with van der Waals surface area (Å²) in [5.74, 6) is -0.842. The first-order valence-electron chi connectivity index (χ1n) is 9.93. The predicted molar refractivity (Wildman–Crippen MR) is 113 cm³/mol. The van der Waals surface area contributed by atoms with Gasteiger partial charge in [0.25, 0.3) is 0 Å². The molecule has 0 aliphatic heterocycles. The molecule has 1 fully saturated rings. The number of carboxylic acids is 1. The number of halogens is 1. The van der Waals surface area contributed by atoms with Crippen molar-refractivity contribution in [2.75, 3.05) is 5.75 Å². The van der Waals surface area contributed by atoms with E-state index in [0.717, 1.165) is 31.2 Å². The molecule has 1 aliphatic rings. The van der Waals surface area contributed by atoms with Crippen LogP contribution in [0.25, 0.3) is 0 Å². The van der Waals surface area contributed by atoms with Gasteiger partial charge in [-0.15, -0.1) is 0 Å². The molecule has 0 bridgehead atoms. The number of hydrogen-bond donors (Lipinski definition) is 4. The lowest BCUT2D eigenvalue weighted by atomic mass is 9.92. The van der Waals surface area contributed by atoms with Crippen LogP contribution < -0.4 is 0 Å². The van der Waals surface area contributed by atoms with Crippen molar-refractivity contribution in [2.24, 2.45) is 5.92 Å². The third-order valence-electron chi connectivity index (χ3n) is 5.39. The molecule has 4 unspecified atom stereocenters. The van der Waals surface area contributed by atoms with Gasteiger partial charge in [-0.2, -0.15) is 11.8 Å². The summed E-state index contributed by atoms with van der Waals surface area (Å²) in [6, 6.07) is 7.01. The Bertz CT molecular complexity index is 627. The summed E-state index contributed by atoms with van der Waals surface area (Å²) in [5.41, 5.74) is 0.726. The van der Waals surface area contributed by atoms with Gasteiger partial charge in [0.2, 0.25) is 0 Å². The number of benzene rings is 1.